The number of hydrogen-bond donors (Lipinski definition) is 1. The zero-order valence-corrected chi connectivity index (χ0v) is 12.4. The molecule has 19 heavy (non-hydrogen) atoms. The lowest BCUT2D eigenvalue weighted by molar-refractivity contribution is -0.143. The van der Waals surface area contributed by atoms with E-state index in [1.807, 2.05) is 0 Å². The van der Waals surface area contributed by atoms with Crippen LogP contribution in [0.1, 0.15) is 25.7 Å². The Morgan fingerprint density at radius 2 is 2.16 bits per heavy atom. The number of methoxy groups -OCH3 is 1. The number of likely N-dealkylation sites (N-methyl/N-ethyl adjacent to an activating group) is 1. The van der Waals surface area contributed by atoms with Gasteiger partial charge in [0, 0.05) is 25.2 Å². The maximum atomic E-state index is 11.9. The van der Waals surface area contributed by atoms with E-state index < -0.39 is 0 Å². The zero-order valence-electron chi connectivity index (χ0n) is 12.4. The predicted molar refractivity (Wildman–Crippen MR) is 75.1 cm³/mol. The number of carbonyl (C=O) groups is 1. The second kappa shape index (κ2) is 6.68. The van der Waals surface area contributed by atoms with Crippen molar-refractivity contribution in [1.29, 1.82) is 0 Å². The van der Waals surface area contributed by atoms with Gasteiger partial charge in [0.05, 0.1) is 7.11 Å². The van der Waals surface area contributed by atoms with Crippen LogP contribution < -0.4 is 5.32 Å². The van der Waals surface area contributed by atoms with Crippen molar-refractivity contribution in [2.75, 3.05) is 40.8 Å². The molecule has 2 aliphatic rings. The molecule has 0 bridgehead atoms. The van der Waals surface area contributed by atoms with E-state index in [9.17, 15) is 4.79 Å². The highest BCUT2D eigenvalue weighted by Gasteiger charge is 2.33. The van der Waals surface area contributed by atoms with Crippen molar-refractivity contribution >= 4 is 5.97 Å². The number of carbonyl (C=O) groups excluding carboxylic acids is 1. The summed E-state index contributed by atoms with van der Waals surface area (Å²) in [6.45, 7) is 2.94. The largest absolute Gasteiger partial charge is 0.468 e. The van der Waals surface area contributed by atoms with Crippen LogP contribution in [0.15, 0.2) is 0 Å². The van der Waals surface area contributed by atoms with Crippen molar-refractivity contribution in [1.82, 2.24) is 15.1 Å². The highest BCUT2D eigenvalue weighted by molar-refractivity contribution is 5.76. The monoisotopic (exact) mass is 269 g/mol. The first kappa shape index (κ1) is 14.8. The number of rotatable bonds is 7. The molecule has 0 amide bonds. The first-order valence-corrected chi connectivity index (χ1v) is 7.33. The molecule has 110 valence electrons. The molecule has 1 aliphatic carbocycles. The number of ether oxygens (including phenoxy) is 1. The second-order valence-electron chi connectivity index (χ2n) is 6.07. The normalized spacial score (nSPS) is 25.8. The van der Waals surface area contributed by atoms with E-state index >= 15 is 0 Å². The van der Waals surface area contributed by atoms with Crippen molar-refractivity contribution in [3.63, 3.8) is 0 Å². The zero-order chi connectivity index (χ0) is 13.8. The Hall–Kier alpha value is -0.650. The van der Waals surface area contributed by atoms with Gasteiger partial charge >= 0.3 is 5.97 Å². The molecule has 0 spiro atoms. The van der Waals surface area contributed by atoms with Gasteiger partial charge in [0.1, 0.15) is 6.04 Å². The van der Waals surface area contributed by atoms with Gasteiger partial charge in [-0.3, -0.25) is 9.69 Å². The summed E-state index contributed by atoms with van der Waals surface area (Å²) in [5, 5.41) is 3.41. The molecule has 1 saturated heterocycles. The van der Waals surface area contributed by atoms with Crippen molar-refractivity contribution in [3.05, 3.63) is 0 Å². The fourth-order valence-electron chi connectivity index (χ4n) is 2.87. The number of hydrogen-bond acceptors (Lipinski definition) is 5. The maximum Gasteiger partial charge on any atom is 0.324 e. The van der Waals surface area contributed by atoms with Crippen LogP contribution >= 0.6 is 0 Å². The molecular formula is C14H27N3O2. The minimum absolute atomic E-state index is 0.123. The molecule has 5 nitrogen and oxygen atoms in total. The van der Waals surface area contributed by atoms with Crippen LogP contribution in [0.3, 0.4) is 0 Å². The summed E-state index contributed by atoms with van der Waals surface area (Å²) in [6.07, 6.45) is 4.84. The van der Waals surface area contributed by atoms with Crippen molar-refractivity contribution in [3.8, 4) is 0 Å². The highest BCUT2D eigenvalue weighted by Crippen LogP contribution is 2.22. The number of nitrogens with one attached hydrogen (secondary N) is 1. The second-order valence-corrected chi connectivity index (χ2v) is 6.07. The molecule has 2 unspecified atom stereocenters. The van der Waals surface area contributed by atoms with Crippen LogP contribution in [0.2, 0.25) is 0 Å². The van der Waals surface area contributed by atoms with Gasteiger partial charge in [-0.1, -0.05) is 0 Å². The Balaban J connectivity index is 1.88. The van der Waals surface area contributed by atoms with Crippen LogP contribution in [-0.2, 0) is 9.53 Å². The van der Waals surface area contributed by atoms with Crippen molar-refractivity contribution in [2.45, 2.75) is 43.8 Å². The van der Waals surface area contributed by atoms with Crippen LogP contribution in [0.4, 0.5) is 0 Å². The van der Waals surface area contributed by atoms with Gasteiger partial charge in [-0.25, -0.2) is 0 Å². The summed E-state index contributed by atoms with van der Waals surface area (Å²) in [5.41, 5.74) is 0. The fraction of sp³-hybridized carbons (Fsp3) is 0.929. The van der Waals surface area contributed by atoms with E-state index in [4.69, 9.17) is 4.74 Å². The fourth-order valence-corrected chi connectivity index (χ4v) is 2.87. The number of esters is 1. The minimum Gasteiger partial charge on any atom is -0.468 e. The van der Waals surface area contributed by atoms with E-state index in [1.54, 1.807) is 0 Å². The van der Waals surface area contributed by atoms with E-state index in [0.29, 0.717) is 12.1 Å². The Morgan fingerprint density at radius 3 is 2.74 bits per heavy atom. The first-order chi connectivity index (χ1) is 9.10. The van der Waals surface area contributed by atoms with Crippen LogP contribution in [0.5, 0.6) is 0 Å². The Morgan fingerprint density at radius 1 is 1.42 bits per heavy atom. The van der Waals surface area contributed by atoms with Crippen molar-refractivity contribution in [2.24, 2.45) is 0 Å². The van der Waals surface area contributed by atoms with Crippen LogP contribution in [-0.4, -0.2) is 74.7 Å². The summed E-state index contributed by atoms with van der Waals surface area (Å²) in [5.74, 6) is -0.123. The number of likely N-dealkylation sites (tertiary alicyclic amines) is 1. The molecule has 0 aromatic heterocycles. The molecule has 1 aliphatic heterocycles. The lowest BCUT2D eigenvalue weighted by atomic mass is 10.2. The average molecular weight is 269 g/mol. The molecule has 2 fully saturated rings. The Kier molecular flexibility index (Phi) is 5.19. The SMILES string of the molecule is COC(=O)C(CN1CCCC1CN(C)C)NC1CC1. The molecule has 0 aromatic rings. The highest BCUT2D eigenvalue weighted by atomic mass is 16.5. The first-order valence-electron chi connectivity index (χ1n) is 7.33. The van der Waals surface area contributed by atoms with Crippen molar-refractivity contribution < 1.29 is 9.53 Å². The van der Waals surface area contributed by atoms with Gasteiger partial charge in [0.15, 0.2) is 0 Å². The Labute approximate surface area is 116 Å². The third-order valence-electron chi connectivity index (χ3n) is 3.99. The van der Waals surface area contributed by atoms with Gasteiger partial charge < -0.3 is 15.0 Å². The van der Waals surface area contributed by atoms with Crippen LogP contribution in [0.25, 0.3) is 0 Å². The Bertz CT molecular complexity index is 305. The van der Waals surface area contributed by atoms with Gasteiger partial charge in [0.25, 0.3) is 0 Å². The summed E-state index contributed by atoms with van der Waals surface area (Å²) < 4.78 is 4.93. The molecule has 1 heterocycles. The molecule has 5 heteroatoms. The van der Waals surface area contributed by atoms with E-state index in [1.165, 1.54) is 32.8 Å². The summed E-state index contributed by atoms with van der Waals surface area (Å²) in [7, 11) is 5.69. The lowest BCUT2D eigenvalue weighted by Gasteiger charge is -2.30. The molecule has 1 N–H and O–H groups in total. The minimum atomic E-state index is -0.166. The molecule has 0 radical (unpaired) electrons. The average Bonchev–Trinajstić information content (AvgIpc) is 3.08. The van der Waals surface area contributed by atoms with Gasteiger partial charge in [-0.2, -0.15) is 0 Å². The van der Waals surface area contributed by atoms with Crippen LogP contribution in [0, 0.1) is 0 Å². The lowest BCUT2D eigenvalue weighted by Crippen LogP contribution is -2.50. The molecule has 2 rings (SSSR count). The predicted octanol–water partition coefficient (Wildman–Crippen LogP) is 0.306. The third-order valence-corrected chi connectivity index (χ3v) is 3.99. The molecule has 2 atom stereocenters. The summed E-state index contributed by atoms with van der Waals surface area (Å²) in [6, 6.07) is 0.933. The summed E-state index contributed by atoms with van der Waals surface area (Å²) in [4.78, 5) is 16.5. The van der Waals surface area contributed by atoms with E-state index in [0.717, 1.165) is 19.6 Å². The number of nitrogens with zero attached hydrogens (tertiary/aromatic N) is 2. The third kappa shape index (κ3) is 4.44. The van der Waals surface area contributed by atoms with Gasteiger partial charge in [-0.15, -0.1) is 0 Å². The quantitative estimate of drug-likeness (QED) is 0.674. The topological polar surface area (TPSA) is 44.8 Å². The molecular weight excluding hydrogens is 242 g/mol. The molecule has 1 saturated carbocycles. The van der Waals surface area contributed by atoms with Gasteiger partial charge in [-0.05, 0) is 46.3 Å². The van der Waals surface area contributed by atoms with E-state index in [2.05, 4.69) is 29.2 Å². The van der Waals surface area contributed by atoms with E-state index in [-0.39, 0.29) is 12.0 Å². The maximum absolute atomic E-state index is 11.9. The standard InChI is InChI=1S/C14H27N3O2/c1-16(2)9-12-5-4-8-17(12)10-13(14(18)19-3)15-11-6-7-11/h11-13,15H,4-10H2,1-3H3. The summed E-state index contributed by atoms with van der Waals surface area (Å²) >= 11 is 0. The van der Waals surface area contributed by atoms with Gasteiger partial charge in [0.2, 0.25) is 0 Å². The molecule has 0 aromatic carbocycles. The smallest absolute Gasteiger partial charge is 0.324 e.